The molecule has 0 aromatic heterocycles. The van der Waals surface area contributed by atoms with Gasteiger partial charge in [0.15, 0.2) is 0 Å². The van der Waals surface area contributed by atoms with E-state index in [-0.39, 0.29) is 22.7 Å². The number of methoxy groups -OCH3 is 1. The minimum absolute atomic E-state index is 0.00783. The van der Waals surface area contributed by atoms with Crippen LogP contribution in [0.15, 0.2) is 48.5 Å². The number of carbonyl (C=O) groups excluding carboxylic acids is 2. The minimum atomic E-state index is -0.714. The summed E-state index contributed by atoms with van der Waals surface area (Å²) in [6.07, 6.45) is 0.947. The van der Waals surface area contributed by atoms with Crippen molar-refractivity contribution in [1.82, 2.24) is 9.80 Å². The molecule has 0 N–H and O–H groups in total. The number of non-ortho nitro benzene ring substituents is 1. The van der Waals surface area contributed by atoms with Crippen molar-refractivity contribution >= 4 is 17.6 Å². The van der Waals surface area contributed by atoms with Crippen LogP contribution in [-0.4, -0.2) is 66.4 Å². The van der Waals surface area contributed by atoms with Gasteiger partial charge in [0.1, 0.15) is 0 Å². The smallest absolute Gasteiger partial charge is 0.338 e. The number of esters is 1. The third-order valence-corrected chi connectivity index (χ3v) is 5.02. The first-order valence-electron chi connectivity index (χ1n) is 9.41. The Kier molecular flexibility index (Phi) is 6.56. The van der Waals surface area contributed by atoms with E-state index in [1.54, 1.807) is 4.90 Å². The first-order chi connectivity index (χ1) is 14.0. The fourth-order valence-corrected chi connectivity index (χ4v) is 3.36. The quantitative estimate of drug-likeness (QED) is 0.422. The van der Waals surface area contributed by atoms with Gasteiger partial charge in [0.25, 0.3) is 11.6 Å². The molecule has 8 nitrogen and oxygen atoms in total. The van der Waals surface area contributed by atoms with Crippen molar-refractivity contribution in [3.05, 3.63) is 75.3 Å². The molecule has 152 valence electrons. The number of carbonyl (C=O) groups is 2. The highest BCUT2D eigenvalue weighted by molar-refractivity contribution is 5.99. The maximum atomic E-state index is 12.9. The second-order valence-electron chi connectivity index (χ2n) is 6.89. The molecular weight excluding hydrogens is 374 g/mol. The third kappa shape index (κ3) is 5.17. The standard InChI is InChI=1S/C21H23N3O5/c1-29-21(26)18-13-17(14-19(15-18)24(27)28)20(25)23-11-9-22(10-12-23)8-7-16-5-3-2-4-6-16/h2-6,13-15H,7-12H2,1H3. The number of hydrogen-bond donors (Lipinski definition) is 0. The number of amides is 1. The molecule has 29 heavy (non-hydrogen) atoms. The maximum absolute atomic E-state index is 12.9. The predicted octanol–water partition coefficient (Wildman–Crippen LogP) is 2.38. The van der Waals surface area contributed by atoms with E-state index in [2.05, 4.69) is 21.8 Å². The Balaban J connectivity index is 1.63. The van der Waals surface area contributed by atoms with Crippen LogP contribution in [0.3, 0.4) is 0 Å². The summed E-state index contributed by atoms with van der Waals surface area (Å²) in [5, 5.41) is 11.2. The van der Waals surface area contributed by atoms with E-state index in [4.69, 9.17) is 0 Å². The molecule has 0 bridgehead atoms. The van der Waals surface area contributed by atoms with Crippen LogP contribution in [0.25, 0.3) is 0 Å². The van der Waals surface area contributed by atoms with Crippen molar-refractivity contribution in [2.24, 2.45) is 0 Å². The number of benzene rings is 2. The van der Waals surface area contributed by atoms with Gasteiger partial charge in [0.2, 0.25) is 0 Å². The van der Waals surface area contributed by atoms with Gasteiger partial charge in [-0.1, -0.05) is 30.3 Å². The minimum Gasteiger partial charge on any atom is -0.465 e. The molecule has 1 aliphatic rings. The molecule has 0 unspecified atom stereocenters. The third-order valence-electron chi connectivity index (χ3n) is 5.02. The first kappa shape index (κ1) is 20.5. The van der Waals surface area contributed by atoms with Crippen LogP contribution in [0.5, 0.6) is 0 Å². The van der Waals surface area contributed by atoms with Gasteiger partial charge in [-0.3, -0.25) is 19.8 Å². The maximum Gasteiger partial charge on any atom is 0.338 e. The number of piperazine rings is 1. The van der Waals surface area contributed by atoms with Crippen molar-refractivity contribution in [1.29, 1.82) is 0 Å². The topological polar surface area (TPSA) is 93.0 Å². The van der Waals surface area contributed by atoms with E-state index in [0.717, 1.165) is 32.1 Å². The van der Waals surface area contributed by atoms with Gasteiger partial charge in [-0.15, -0.1) is 0 Å². The normalized spacial score (nSPS) is 14.4. The highest BCUT2D eigenvalue weighted by atomic mass is 16.6. The molecule has 1 fully saturated rings. The molecule has 0 radical (unpaired) electrons. The van der Waals surface area contributed by atoms with Crippen molar-refractivity contribution in [3.63, 3.8) is 0 Å². The molecule has 3 rings (SSSR count). The lowest BCUT2D eigenvalue weighted by Crippen LogP contribution is -2.49. The van der Waals surface area contributed by atoms with E-state index >= 15 is 0 Å². The SMILES string of the molecule is COC(=O)c1cc(C(=O)N2CCN(CCc3ccccc3)CC2)cc([N+](=O)[O-])c1. The fraction of sp³-hybridized carbons (Fsp3) is 0.333. The molecule has 1 saturated heterocycles. The Morgan fingerprint density at radius 1 is 1.03 bits per heavy atom. The number of nitrogens with zero attached hydrogens (tertiary/aromatic N) is 3. The number of nitro benzene ring substituents is 1. The first-order valence-corrected chi connectivity index (χ1v) is 9.41. The molecule has 2 aromatic carbocycles. The second kappa shape index (κ2) is 9.29. The van der Waals surface area contributed by atoms with Crippen LogP contribution in [-0.2, 0) is 11.2 Å². The summed E-state index contributed by atoms with van der Waals surface area (Å²) < 4.78 is 4.64. The van der Waals surface area contributed by atoms with Crippen LogP contribution >= 0.6 is 0 Å². The summed E-state index contributed by atoms with van der Waals surface area (Å²) >= 11 is 0. The Labute approximate surface area is 168 Å². The summed E-state index contributed by atoms with van der Waals surface area (Å²) in [6, 6.07) is 13.9. The van der Waals surface area contributed by atoms with Crippen LogP contribution in [0.1, 0.15) is 26.3 Å². The van der Waals surface area contributed by atoms with Crippen LogP contribution in [0.2, 0.25) is 0 Å². The Morgan fingerprint density at radius 3 is 2.31 bits per heavy atom. The molecule has 1 aliphatic heterocycles. The van der Waals surface area contributed by atoms with E-state index in [1.165, 1.54) is 24.8 Å². The van der Waals surface area contributed by atoms with Crippen molar-refractivity contribution < 1.29 is 19.2 Å². The summed E-state index contributed by atoms with van der Waals surface area (Å²) in [5.41, 5.74) is 1.08. The number of hydrogen-bond acceptors (Lipinski definition) is 6. The van der Waals surface area contributed by atoms with Gasteiger partial charge in [0, 0.05) is 50.4 Å². The zero-order valence-electron chi connectivity index (χ0n) is 16.2. The molecular formula is C21H23N3O5. The van der Waals surface area contributed by atoms with E-state index in [9.17, 15) is 19.7 Å². The van der Waals surface area contributed by atoms with Crippen molar-refractivity contribution in [2.45, 2.75) is 6.42 Å². The lowest BCUT2D eigenvalue weighted by molar-refractivity contribution is -0.384. The van der Waals surface area contributed by atoms with Crippen LogP contribution in [0, 0.1) is 10.1 Å². The lowest BCUT2D eigenvalue weighted by Gasteiger charge is -2.34. The number of rotatable bonds is 6. The second-order valence-corrected chi connectivity index (χ2v) is 6.89. The zero-order valence-corrected chi connectivity index (χ0v) is 16.2. The zero-order chi connectivity index (χ0) is 20.8. The van der Waals surface area contributed by atoms with E-state index in [1.807, 2.05) is 18.2 Å². The average molecular weight is 397 g/mol. The van der Waals surface area contributed by atoms with Crippen LogP contribution < -0.4 is 0 Å². The van der Waals surface area contributed by atoms with Gasteiger partial charge >= 0.3 is 5.97 Å². The molecule has 0 saturated carbocycles. The Bertz CT molecular complexity index is 892. The molecule has 0 spiro atoms. The van der Waals surface area contributed by atoms with Gasteiger partial charge in [-0.25, -0.2) is 4.79 Å². The fourth-order valence-electron chi connectivity index (χ4n) is 3.36. The van der Waals surface area contributed by atoms with Gasteiger partial charge in [0.05, 0.1) is 17.6 Å². The molecule has 1 amide bonds. The summed E-state index contributed by atoms with van der Waals surface area (Å²) in [7, 11) is 1.19. The monoisotopic (exact) mass is 397 g/mol. The van der Waals surface area contributed by atoms with Crippen molar-refractivity contribution in [2.75, 3.05) is 39.8 Å². The molecule has 0 atom stereocenters. The van der Waals surface area contributed by atoms with Crippen molar-refractivity contribution in [3.8, 4) is 0 Å². The highest BCUT2D eigenvalue weighted by Crippen LogP contribution is 2.20. The largest absolute Gasteiger partial charge is 0.465 e. The molecule has 2 aromatic rings. The summed E-state index contributed by atoms with van der Waals surface area (Å²) in [6.45, 7) is 3.44. The predicted molar refractivity (Wildman–Crippen MR) is 107 cm³/mol. The summed E-state index contributed by atoms with van der Waals surface area (Å²) in [4.78, 5) is 39.2. The Hall–Kier alpha value is -3.26. The average Bonchev–Trinajstić information content (AvgIpc) is 2.77. The number of ether oxygens (including phenoxy) is 1. The van der Waals surface area contributed by atoms with Crippen LogP contribution in [0.4, 0.5) is 5.69 Å². The van der Waals surface area contributed by atoms with E-state index < -0.39 is 10.9 Å². The highest BCUT2D eigenvalue weighted by Gasteiger charge is 2.25. The van der Waals surface area contributed by atoms with Gasteiger partial charge < -0.3 is 9.64 Å². The molecule has 1 heterocycles. The lowest BCUT2D eigenvalue weighted by atomic mass is 10.1. The van der Waals surface area contributed by atoms with Gasteiger partial charge in [-0.2, -0.15) is 0 Å². The number of nitro groups is 1. The van der Waals surface area contributed by atoms with E-state index in [0.29, 0.717) is 13.1 Å². The molecule has 0 aliphatic carbocycles. The Morgan fingerprint density at radius 2 is 1.69 bits per heavy atom. The van der Waals surface area contributed by atoms with Gasteiger partial charge in [-0.05, 0) is 18.1 Å². The summed E-state index contributed by atoms with van der Waals surface area (Å²) in [5.74, 6) is -1.03. The molecule has 8 heteroatoms.